The lowest BCUT2D eigenvalue weighted by molar-refractivity contribution is 0.0380. The highest BCUT2D eigenvalue weighted by Crippen LogP contribution is 2.62. The highest BCUT2D eigenvalue weighted by atomic mass is 32.2. The summed E-state index contributed by atoms with van der Waals surface area (Å²) in [7, 11) is 0. The van der Waals surface area contributed by atoms with Gasteiger partial charge in [0, 0.05) is 11.7 Å². The smallest absolute Gasteiger partial charge is 0.199 e. The molecule has 0 atom stereocenters. The zero-order valence-corrected chi connectivity index (χ0v) is 12.0. The van der Waals surface area contributed by atoms with Gasteiger partial charge in [0.05, 0.1) is 0 Å². The van der Waals surface area contributed by atoms with Crippen molar-refractivity contribution in [2.24, 2.45) is 17.8 Å². The lowest BCUT2D eigenvalue weighted by atomic mass is 9.56. The maximum atomic E-state index is 9.16. The molecule has 1 aromatic heterocycles. The molecule has 3 nitrogen and oxygen atoms in total. The fourth-order valence-corrected chi connectivity index (χ4v) is 6.60. The Hall–Kier alpha value is -0.950. The average molecular weight is 274 g/mol. The predicted molar refractivity (Wildman–Crippen MR) is 72.7 cm³/mol. The summed E-state index contributed by atoms with van der Waals surface area (Å²) >= 11 is 1.82. The van der Waals surface area contributed by atoms with Crippen LogP contribution in [-0.4, -0.2) is 9.73 Å². The Kier molecular flexibility index (Phi) is 2.51. The Morgan fingerprint density at radius 3 is 2.32 bits per heavy atom. The van der Waals surface area contributed by atoms with Crippen LogP contribution in [0.15, 0.2) is 9.51 Å². The molecule has 0 aromatic carbocycles. The van der Waals surface area contributed by atoms with Gasteiger partial charge in [0.1, 0.15) is 6.07 Å². The van der Waals surface area contributed by atoms with E-state index < -0.39 is 0 Å². The average Bonchev–Trinajstić information content (AvgIpc) is 2.66. The van der Waals surface area contributed by atoms with Crippen LogP contribution in [0.3, 0.4) is 0 Å². The summed E-state index contributed by atoms with van der Waals surface area (Å²) in [6, 6.07) is 2.17. The second-order valence-electron chi connectivity index (χ2n) is 6.68. The van der Waals surface area contributed by atoms with E-state index in [0.717, 1.165) is 22.8 Å². The zero-order chi connectivity index (χ0) is 13.0. The van der Waals surface area contributed by atoms with Gasteiger partial charge in [0.2, 0.25) is 0 Å². The molecule has 0 amide bonds. The Morgan fingerprint density at radius 2 is 1.79 bits per heavy atom. The van der Waals surface area contributed by atoms with Crippen LogP contribution in [0.1, 0.15) is 50.1 Å². The maximum Gasteiger partial charge on any atom is 0.199 e. The van der Waals surface area contributed by atoms with Gasteiger partial charge in [0.15, 0.2) is 16.7 Å². The van der Waals surface area contributed by atoms with Crippen molar-refractivity contribution >= 4 is 11.8 Å². The van der Waals surface area contributed by atoms with Gasteiger partial charge >= 0.3 is 0 Å². The molecule has 4 heteroatoms. The molecule has 0 unspecified atom stereocenters. The third-order valence-corrected chi connectivity index (χ3v) is 6.50. The van der Waals surface area contributed by atoms with Crippen molar-refractivity contribution < 1.29 is 4.42 Å². The van der Waals surface area contributed by atoms with E-state index in [-0.39, 0.29) is 0 Å². The lowest BCUT2D eigenvalue weighted by Gasteiger charge is -2.56. The van der Waals surface area contributed by atoms with Crippen LogP contribution in [-0.2, 0) is 0 Å². The molecule has 0 aliphatic heterocycles. The molecule has 4 aliphatic rings. The second-order valence-corrected chi connectivity index (χ2v) is 8.12. The van der Waals surface area contributed by atoms with E-state index in [1.165, 1.54) is 38.5 Å². The largest absolute Gasteiger partial charge is 0.433 e. The number of rotatable bonds is 2. The summed E-state index contributed by atoms with van der Waals surface area (Å²) in [4.78, 5) is 4.18. The van der Waals surface area contributed by atoms with Crippen molar-refractivity contribution in [2.75, 3.05) is 0 Å². The standard InChI is InChI=1S/C15H18N2OS/c1-9-17-13(8-16)14(18-9)19-15-5-10-2-11(6-15)4-12(3-10)7-15/h10-12H,2-7H2,1H3. The number of hydrogen-bond acceptors (Lipinski definition) is 4. The summed E-state index contributed by atoms with van der Waals surface area (Å²) in [6.07, 6.45) is 8.28. The fraction of sp³-hybridized carbons (Fsp3) is 0.733. The Bertz CT molecular complexity index is 522. The molecule has 4 fully saturated rings. The van der Waals surface area contributed by atoms with Crippen molar-refractivity contribution in [3.63, 3.8) is 0 Å². The van der Waals surface area contributed by atoms with Crippen LogP contribution in [0.4, 0.5) is 0 Å². The van der Waals surface area contributed by atoms with E-state index in [1.54, 1.807) is 0 Å². The zero-order valence-electron chi connectivity index (χ0n) is 11.2. The molecule has 4 saturated carbocycles. The minimum Gasteiger partial charge on any atom is -0.433 e. The maximum absolute atomic E-state index is 9.16. The molecule has 100 valence electrons. The molecule has 1 aromatic rings. The molecule has 0 N–H and O–H groups in total. The summed E-state index contributed by atoms with van der Waals surface area (Å²) < 4.78 is 6.01. The van der Waals surface area contributed by atoms with Crippen LogP contribution < -0.4 is 0 Å². The van der Waals surface area contributed by atoms with Gasteiger partial charge in [-0.25, -0.2) is 4.98 Å². The first kappa shape index (κ1) is 11.8. The number of nitrogens with zero attached hydrogens (tertiary/aromatic N) is 2. The number of thioether (sulfide) groups is 1. The number of aryl methyl sites for hydroxylation is 1. The molecule has 4 aliphatic carbocycles. The Balaban J connectivity index is 1.64. The topological polar surface area (TPSA) is 49.8 Å². The lowest BCUT2D eigenvalue weighted by Crippen LogP contribution is -2.48. The van der Waals surface area contributed by atoms with Crippen molar-refractivity contribution in [3.05, 3.63) is 11.6 Å². The van der Waals surface area contributed by atoms with Crippen LogP contribution in [0.5, 0.6) is 0 Å². The van der Waals surface area contributed by atoms with Crippen molar-refractivity contribution in [1.82, 2.24) is 4.98 Å². The molecular formula is C15H18N2OS. The molecule has 0 spiro atoms. The molecule has 0 radical (unpaired) electrons. The third-order valence-electron chi connectivity index (χ3n) is 5.10. The summed E-state index contributed by atoms with van der Waals surface area (Å²) in [6.45, 7) is 1.82. The van der Waals surface area contributed by atoms with Gasteiger partial charge in [-0.2, -0.15) is 5.26 Å². The van der Waals surface area contributed by atoms with Gasteiger partial charge in [-0.05, 0) is 56.3 Å². The van der Waals surface area contributed by atoms with Crippen LogP contribution in [0.25, 0.3) is 0 Å². The van der Waals surface area contributed by atoms with Crippen molar-refractivity contribution in [1.29, 1.82) is 5.26 Å². The molecule has 0 saturated heterocycles. The van der Waals surface area contributed by atoms with E-state index in [0.29, 0.717) is 16.3 Å². The predicted octanol–water partition coefficient (Wildman–Crippen LogP) is 3.92. The second kappa shape index (κ2) is 4.02. The number of nitriles is 1. The quantitative estimate of drug-likeness (QED) is 0.820. The first-order chi connectivity index (χ1) is 9.16. The van der Waals surface area contributed by atoms with Gasteiger partial charge in [0.25, 0.3) is 0 Å². The Morgan fingerprint density at radius 1 is 1.21 bits per heavy atom. The van der Waals surface area contributed by atoms with E-state index >= 15 is 0 Å². The van der Waals surface area contributed by atoms with Gasteiger partial charge in [-0.1, -0.05) is 11.8 Å². The molecule has 5 rings (SSSR count). The molecular weight excluding hydrogens is 256 g/mol. The van der Waals surface area contributed by atoms with E-state index in [4.69, 9.17) is 9.68 Å². The molecule has 19 heavy (non-hydrogen) atoms. The number of hydrogen-bond donors (Lipinski definition) is 0. The number of aromatic nitrogens is 1. The third kappa shape index (κ3) is 1.90. The van der Waals surface area contributed by atoms with Crippen molar-refractivity contribution in [3.8, 4) is 6.07 Å². The highest BCUT2D eigenvalue weighted by molar-refractivity contribution is 8.00. The molecule has 4 bridgehead atoms. The van der Waals surface area contributed by atoms with Gasteiger partial charge < -0.3 is 4.42 Å². The first-order valence-electron chi connectivity index (χ1n) is 7.22. The molecule has 1 heterocycles. The number of oxazole rings is 1. The van der Waals surface area contributed by atoms with Crippen LogP contribution in [0.2, 0.25) is 0 Å². The Labute approximate surface area is 117 Å². The van der Waals surface area contributed by atoms with Crippen LogP contribution in [0, 0.1) is 36.0 Å². The van der Waals surface area contributed by atoms with Gasteiger partial charge in [-0.15, -0.1) is 0 Å². The summed E-state index contributed by atoms with van der Waals surface area (Å²) in [5, 5.41) is 9.92. The minimum atomic E-state index is 0.340. The summed E-state index contributed by atoms with van der Waals surface area (Å²) in [5.41, 5.74) is 0.484. The summed E-state index contributed by atoms with van der Waals surface area (Å²) in [5.74, 6) is 3.39. The van der Waals surface area contributed by atoms with Crippen molar-refractivity contribution in [2.45, 2.75) is 55.3 Å². The SMILES string of the molecule is Cc1nc(C#N)c(SC23CC4CC(CC(C4)C2)C3)o1. The van der Waals surface area contributed by atoms with E-state index in [1.807, 2.05) is 18.7 Å². The monoisotopic (exact) mass is 274 g/mol. The minimum absolute atomic E-state index is 0.340. The highest BCUT2D eigenvalue weighted by Gasteiger charge is 2.52. The first-order valence-corrected chi connectivity index (χ1v) is 8.04. The normalized spacial score (nSPS) is 39.5. The van der Waals surface area contributed by atoms with E-state index in [2.05, 4.69) is 11.1 Å². The van der Waals surface area contributed by atoms with E-state index in [9.17, 15) is 0 Å². The van der Waals surface area contributed by atoms with Crippen LogP contribution >= 0.6 is 11.8 Å². The fourth-order valence-electron chi connectivity index (χ4n) is 4.90. The van der Waals surface area contributed by atoms with Gasteiger partial charge in [-0.3, -0.25) is 0 Å².